The van der Waals surface area contributed by atoms with E-state index in [1.807, 2.05) is 13.8 Å². The van der Waals surface area contributed by atoms with Crippen molar-refractivity contribution in [1.29, 1.82) is 0 Å². The van der Waals surface area contributed by atoms with Crippen molar-refractivity contribution in [3.8, 4) is 0 Å². The Morgan fingerprint density at radius 2 is 2.18 bits per heavy atom. The van der Waals surface area contributed by atoms with Crippen molar-refractivity contribution in [3.63, 3.8) is 0 Å². The molecule has 0 aliphatic heterocycles. The number of hydrogen-bond donors (Lipinski definition) is 1. The molecule has 2 N–H and O–H groups in total. The third kappa shape index (κ3) is 4.76. The molecule has 0 amide bonds. The van der Waals surface area contributed by atoms with Crippen LogP contribution >= 0.6 is 11.3 Å². The van der Waals surface area contributed by atoms with E-state index in [2.05, 4.69) is 23.8 Å². The van der Waals surface area contributed by atoms with Crippen LogP contribution in [0.2, 0.25) is 0 Å². The molecule has 0 saturated heterocycles. The van der Waals surface area contributed by atoms with Gasteiger partial charge in [0.05, 0.1) is 18.8 Å². The summed E-state index contributed by atoms with van der Waals surface area (Å²) in [7, 11) is 0. The lowest BCUT2D eigenvalue weighted by Crippen LogP contribution is -2.32. The van der Waals surface area contributed by atoms with E-state index >= 15 is 0 Å². The minimum absolute atomic E-state index is 0.0262. The molecular weight excluding hydrogens is 234 g/mol. The molecule has 0 aliphatic carbocycles. The number of thiophene rings is 1. The summed E-state index contributed by atoms with van der Waals surface area (Å²) in [6.45, 7) is 7.43. The zero-order chi connectivity index (χ0) is 12.7. The molecule has 0 saturated carbocycles. The number of hydrogen-bond acceptors (Lipinski definition) is 4. The molecule has 1 aromatic rings. The van der Waals surface area contributed by atoms with Crippen molar-refractivity contribution in [3.05, 3.63) is 22.4 Å². The van der Waals surface area contributed by atoms with Crippen LogP contribution < -0.4 is 5.73 Å². The zero-order valence-corrected chi connectivity index (χ0v) is 11.7. The van der Waals surface area contributed by atoms with Crippen molar-refractivity contribution in [2.45, 2.75) is 45.4 Å². The molecule has 17 heavy (non-hydrogen) atoms. The fraction of sp³-hybridized carbons (Fsp3) is 0.692. The Balaban J connectivity index is 2.58. The van der Waals surface area contributed by atoms with Gasteiger partial charge in [-0.15, -0.1) is 0 Å². The molecule has 4 heteroatoms. The fourth-order valence-electron chi connectivity index (χ4n) is 1.65. The SMILES string of the molecule is CCOCC(C)OC(c1ccsc1)C(N)CC. The Kier molecular flexibility index (Phi) is 6.73. The Morgan fingerprint density at radius 3 is 2.71 bits per heavy atom. The van der Waals surface area contributed by atoms with E-state index in [9.17, 15) is 0 Å². The van der Waals surface area contributed by atoms with E-state index < -0.39 is 0 Å². The second-order valence-corrected chi connectivity index (χ2v) is 4.94. The maximum atomic E-state index is 6.12. The van der Waals surface area contributed by atoms with Crippen LogP contribution in [0.25, 0.3) is 0 Å². The molecule has 3 unspecified atom stereocenters. The molecule has 1 aromatic heterocycles. The first-order valence-electron chi connectivity index (χ1n) is 6.19. The molecule has 1 heterocycles. The Bertz CT molecular complexity index is 290. The first-order valence-corrected chi connectivity index (χ1v) is 7.14. The van der Waals surface area contributed by atoms with Gasteiger partial charge in [-0.05, 0) is 42.7 Å². The van der Waals surface area contributed by atoms with E-state index in [0.717, 1.165) is 13.0 Å². The molecule has 0 radical (unpaired) electrons. The van der Waals surface area contributed by atoms with Crippen LogP contribution in [0.1, 0.15) is 38.9 Å². The Labute approximate surface area is 108 Å². The van der Waals surface area contributed by atoms with E-state index in [1.165, 1.54) is 5.56 Å². The normalized spacial score (nSPS) is 16.7. The molecular formula is C13H23NO2S. The molecule has 3 atom stereocenters. The summed E-state index contributed by atoms with van der Waals surface area (Å²) >= 11 is 1.67. The quantitative estimate of drug-likeness (QED) is 0.778. The lowest BCUT2D eigenvalue weighted by atomic mass is 10.0. The van der Waals surface area contributed by atoms with Gasteiger partial charge in [0, 0.05) is 12.6 Å². The predicted molar refractivity (Wildman–Crippen MR) is 72.4 cm³/mol. The van der Waals surface area contributed by atoms with Crippen LogP contribution in [-0.2, 0) is 9.47 Å². The predicted octanol–water partition coefficient (Wildman–Crippen LogP) is 2.97. The van der Waals surface area contributed by atoms with E-state index in [0.29, 0.717) is 6.61 Å². The van der Waals surface area contributed by atoms with Gasteiger partial charge in [-0.2, -0.15) is 11.3 Å². The smallest absolute Gasteiger partial charge is 0.0988 e. The Hall–Kier alpha value is -0.420. The second-order valence-electron chi connectivity index (χ2n) is 4.16. The van der Waals surface area contributed by atoms with Gasteiger partial charge < -0.3 is 15.2 Å². The van der Waals surface area contributed by atoms with Crippen molar-refractivity contribution in [2.24, 2.45) is 5.73 Å². The molecule has 0 aromatic carbocycles. The van der Waals surface area contributed by atoms with Crippen LogP contribution in [0.3, 0.4) is 0 Å². The fourth-order valence-corrected chi connectivity index (χ4v) is 2.34. The first kappa shape index (κ1) is 14.6. The summed E-state index contributed by atoms with van der Waals surface area (Å²) < 4.78 is 11.4. The summed E-state index contributed by atoms with van der Waals surface area (Å²) in [5.74, 6) is 0. The van der Waals surface area contributed by atoms with Crippen LogP contribution in [0, 0.1) is 0 Å². The minimum atomic E-state index is -0.0262. The maximum Gasteiger partial charge on any atom is 0.0988 e. The largest absolute Gasteiger partial charge is 0.379 e. The van der Waals surface area contributed by atoms with Gasteiger partial charge in [0.25, 0.3) is 0 Å². The molecule has 0 fully saturated rings. The maximum absolute atomic E-state index is 6.12. The van der Waals surface area contributed by atoms with Crippen molar-refractivity contribution < 1.29 is 9.47 Å². The minimum Gasteiger partial charge on any atom is -0.379 e. The lowest BCUT2D eigenvalue weighted by Gasteiger charge is -2.26. The molecule has 0 aliphatic rings. The van der Waals surface area contributed by atoms with Gasteiger partial charge in [-0.25, -0.2) is 0 Å². The summed E-state index contributed by atoms with van der Waals surface area (Å²) in [6.07, 6.45) is 0.946. The van der Waals surface area contributed by atoms with Gasteiger partial charge in [0.2, 0.25) is 0 Å². The van der Waals surface area contributed by atoms with Crippen LogP contribution in [0.4, 0.5) is 0 Å². The van der Waals surface area contributed by atoms with Gasteiger partial charge >= 0.3 is 0 Å². The lowest BCUT2D eigenvalue weighted by molar-refractivity contribution is -0.0572. The monoisotopic (exact) mass is 257 g/mol. The summed E-state index contributed by atoms with van der Waals surface area (Å²) in [4.78, 5) is 0. The topological polar surface area (TPSA) is 44.5 Å². The van der Waals surface area contributed by atoms with E-state index in [-0.39, 0.29) is 18.2 Å². The van der Waals surface area contributed by atoms with Crippen LogP contribution in [-0.4, -0.2) is 25.4 Å². The van der Waals surface area contributed by atoms with Crippen LogP contribution in [0.5, 0.6) is 0 Å². The summed E-state index contributed by atoms with van der Waals surface area (Å²) in [5.41, 5.74) is 7.30. The molecule has 0 bridgehead atoms. The third-order valence-corrected chi connectivity index (χ3v) is 3.37. The number of nitrogens with two attached hydrogens (primary N) is 1. The average Bonchev–Trinajstić information content (AvgIpc) is 2.86. The Morgan fingerprint density at radius 1 is 1.41 bits per heavy atom. The highest BCUT2D eigenvalue weighted by Gasteiger charge is 2.22. The van der Waals surface area contributed by atoms with Gasteiger partial charge in [0.1, 0.15) is 0 Å². The molecule has 3 nitrogen and oxygen atoms in total. The van der Waals surface area contributed by atoms with Crippen molar-refractivity contribution in [1.82, 2.24) is 0 Å². The molecule has 98 valence electrons. The first-order chi connectivity index (χ1) is 8.19. The van der Waals surface area contributed by atoms with Gasteiger partial charge in [0.15, 0.2) is 0 Å². The highest BCUT2D eigenvalue weighted by Crippen LogP contribution is 2.25. The van der Waals surface area contributed by atoms with Gasteiger partial charge in [-0.3, -0.25) is 0 Å². The molecule has 1 rings (SSSR count). The van der Waals surface area contributed by atoms with Crippen LogP contribution in [0.15, 0.2) is 16.8 Å². The highest BCUT2D eigenvalue weighted by molar-refractivity contribution is 7.07. The summed E-state index contributed by atoms with van der Waals surface area (Å²) in [5, 5.41) is 4.16. The van der Waals surface area contributed by atoms with E-state index in [1.54, 1.807) is 11.3 Å². The average molecular weight is 257 g/mol. The summed E-state index contributed by atoms with van der Waals surface area (Å²) in [6, 6.07) is 2.12. The third-order valence-electron chi connectivity index (χ3n) is 2.67. The number of rotatable bonds is 8. The van der Waals surface area contributed by atoms with Gasteiger partial charge in [-0.1, -0.05) is 6.92 Å². The zero-order valence-electron chi connectivity index (χ0n) is 10.9. The van der Waals surface area contributed by atoms with E-state index in [4.69, 9.17) is 15.2 Å². The van der Waals surface area contributed by atoms with Crippen molar-refractivity contribution >= 4 is 11.3 Å². The highest BCUT2D eigenvalue weighted by atomic mass is 32.1. The molecule has 0 spiro atoms. The van der Waals surface area contributed by atoms with Crippen molar-refractivity contribution in [2.75, 3.05) is 13.2 Å². The number of ether oxygens (including phenoxy) is 2. The second kappa shape index (κ2) is 7.82. The standard InChI is InChI=1S/C13H23NO2S/c1-4-12(14)13(11-6-7-17-9-11)16-10(3)8-15-5-2/h6-7,9-10,12-13H,4-5,8,14H2,1-3H3.